The normalized spacial score (nSPS) is 25.4. The molecule has 112 valence electrons. The van der Waals surface area contributed by atoms with Crippen LogP contribution >= 0.6 is 0 Å². The van der Waals surface area contributed by atoms with Crippen LogP contribution in [0.3, 0.4) is 0 Å². The summed E-state index contributed by atoms with van der Waals surface area (Å²) in [5, 5.41) is 0. The fourth-order valence-electron chi connectivity index (χ4n) is 2.99. The molecule has 0 saturated carbocycles. The molecule has 0 aliphatic carbocycles. The summed E-state index contributed by atoms with van der Waals surface area (Å²) in [6.45, 7) is 9.32. The number of para-hydroxylation sites is 1. The van der Waals surface area contributed by atoms with Crippen molar-refractivity contribution in [3.8, 4) is 5.75 Å². The summed E-state index contributed by atoms with van der Waals surface area (Å²) in [6.07, 6.45) is 0.485. The lowest BCUT2D eigenvalue weighted by Gasteiger charge is -2.40. The van der Waals surface area contributed by atoms with Gasteiger partial charge in [-0.05, 0) is 26.8 Å². The van der Waals surface area contributed by atoms with Crippen LogP contribution in [0.2, 0.25) is 0 Å². The molecule has 20 heavy (non-hydrogen) atoms. The van der Waals surface area contributed by atoms with E-state index >= 15 is 0 Å². The number of ether oxygens (including phenoxy) is 2. The summed E-state index contributed by atoms with van der Waals surface area (Å²) in [6, 6.07) is 8.38. The number of hydrogen-bond donors (Lipinski definition) is 1. The quantitative estimate of drug-likeness (QED) is 0.897. The van der Waals surface area contributed by atoms with Crippen LogP contribution in [0, 0.1) is 0 Å². The largest absolute Gasteiger partial charge is 0.494 e. The maximum Gasteiger partial charge on any atom is 0.124 e. The third kappa shape index (κ3) is 3.51. The van der Waals surface area contributed by atoms with Gasteiger partial charge in [0.15, 0.2) is 0 Å². The average molecular weight is 278 g/mol. The Morgan fingerprint density at radius 1 is 1.30 bits per heavy atom. The lowest BCUT2D eigenvalue weighted by atomic mass is 10.0. The SMILES string of the molecule is CCOc1ccccc1[C@@H](CN)N1C[C@@H](C)O[C@@H](C)C1. The number of morpholine rings is 1. The molecule has 1 saturated heterocycles. The van der Waals surface area contributed by atoms with Crippen LogP contribution in [-0.2, 0) is 4.74 Å². The van der Waals surface area contributed by atoms with Crippen LogP contribution in [0.5, 0.6) is 5.75 Å². The molecule has 2 rings (SSSR count). The summed E-state index contributed by atoms with van der Waals surface area (Å²) in [4.78, 5) is 2.41. The third-order valence-electron chi connectivity index (χ3n) is 3.69. The van der Waals surface area contributed by atoms with Crippen molar-refractivity contribution in [3.05, 3.63) is 29.8 Å². The molecule has 0 bridgehead atoms. The van der Waals surface area contributed by atoms with Crippen molar-refractivity contribution >= 4 is 0 Å². The molecule has 1 aliphatic heterocycles. The highest BCUT2D eigenvalue weighted by Crippen LogP contribution is 2.30. The zero-order chi connectivity index (χ0) is 14.5. The van der Waals surface area contributed by atoms with Gasteiger partial charge in [-0.25, -0.2) is 0 Å². The molecule has 0 amide bonds. The summed E-state index contributed by atoms with van der Waals surface area (Å²) in [5.41, 5.74) is 7.23. The molecule has 0 aromatic heterocycles. The number of rotatable bonds is 5. The van der Waals surface area contributed by atoms with E-state index in [9.17, 15) is 0 Å². The number of nitrogens with two attached hydrogens (primary N) is 1. The van der Waals surface area contributed by atoms with Crippen molar-refractivity contribution in [2.75, 3.05) is 26.2 Å². The summed E-state index contributed by atoms with van der Waals surface area (Å²) in [7, 11) is 0. The Morgan fingerprint density at radius 3 is 2.55 bits per heavy atom. The first-order valence-electron chi connectivity index (χ1n) is 7.47. The van der Waals surface area contributed by atoms with Crippen LogP contribution < -0.4 is 10.5 Å². The van der Waals surface area contributed by atoms with Gasteiger partial charge in [-0.15, -0.1) is 0 Å². The molecule has 1 aromatic carbocycles. The van der Waals surface area contributed by atoms with E-state index in [1.54, 1.807) is 0 Å². The fraction of sp³-hybridized carbons (Fsp3) is 0.625. The van der Waals surface area contributed by atoms with Gasteiger partial charge in [0.1, 0.15) is 5.75 Å². The van der Waals surface area contributed by atoms with Crippen LogP contribution in [0.25, 0.3) is 0 Å². The van der Waals surface area contributed by atoms with Gasteiger partial charge in [-0.1, -0.05) is 18.2 Å². The molecule has 1 aromatic rings. The van der Waals surface area contributed by atoms with Gasteiger partial charge >= 0.3 is 0 Å². The first-order chi connectivity index (χ1) is 9.65. The van der Waals surface area contributed by atoms with Crippen LogP contribution in [0.15, 0.2) is 24.3 Å². The Kier molecular flexibility index (Phi) is 5.40. The van der Waals surface area contributed by atoms with Crippen molar-refractivity contribution in [1.82, 2.24) is 4.90 Å². The first-order valence-corrected chi connectivity index (χ1v) is 7.47. The predicted molar refractivity (Wildman–Crippen MR) is 81.0 cm³/mol. The molecule has 1 aliphatic rings. The Balaban J connectivity index is 2.23. The van der Waals surface area contributed by atoms with Gasteiger partial charge in [-0.2, -0.15) is 0 Å². The zero-order valence-electron chi connectivity index (χ0n) is 12.7. The Hall–Kier alpha value is -1.10. The van der Waals surface area contributed by atoms with E-state index in [4.69, 9.17) is 15.2 Å². The molecule has 4 nitrogen and oxygen atoms in total. The van der Waals surface area contributed by atoms with Crippen LogP contribution in [0.1, 0.15) is 32.4 Å². The Bertz CT molecular complexity index is 415. The van der Waals surface area contributed by atoms with E-state index in [1.807, 2.05) is 25.1 Å². The van der Waals surface area contributed by atoms with Gasteiger partial charge in [0.05, 0.1) is 24.9 Å². The number of benzene rings is 1. The predicted octanol–water partition coefficient (Wildman–Crippen LogP) is 2.19. The monoisotopic (exact) mass is 278 g/mol. The highest BCUT2D eigenvalue weighted by atomic mass is 16.5. The minimum atomic E-state index is 0.187. The minimum absolute atomic E-state index is 0.187. The van der Waals surface area contributed by atoms with Crippen molar-refractivity contribution in [3.63, 3.8) is 0 Å². The fourth-order valence-corrected chi connectivity index (χ4v) is 2.99. The molecule has 1 heterocycles. The first kappa shape index (κ1) is 15.3. The van der Waals surface area contributed by atoms with Gasteiger partial charge in [-0.3, -0.25) is 4.90 Å². The second kappa shape index (κ2) is 7.07. The number of nitrogens with zero attached hydrogens (tertiary/aromatic N) is 1. The maximum absolute atomic E-state index is 6.05. The van der Waals surface area contributed by atoms with E-state index in [-0.39, 0.29) is 18.2 Å². The van der Waals surface area contributed by atoms with Crippen molar-refractivity contribution in [2.45, 2.75) is 39.0 Å². The van der Waals surface area contributed by atoms with Crippen LogP contribution in [0.4, 0.5) is 0 Å². The van der Waals surface area contributed by atoms with Crippen molar-refractivity contribution in [2.24, 2.45) is 5.73 Å². The van der Waals surface area contributed by atoms with E-state index < -0.39 is 0 Å². The second-order valence-corrected chi connectivity index (χ2v) is 5.43. The molecule has 0 radical (unpaired) electrons. The van der Waals surface area contributed by atoms with Crippen molar-refractivity contribution in [1.29, 1.82) is 0 Å². The molecular weight excluding hydrogens is 252 g/mol. The van der Waals surface area contributed by atoms with E-state index in [2.05, 4.69) is 24.8 Å². The lowest BCUT2D eigenvalue weighted by Crippen LogP contribution is -2.48. The van der Waals surface area contributed by atoms with E-state index in [1.165, 1.54) is 5.56 Å². The zero-order valence-corrected chi connectivity index (χ0v) is 12.7. The summed E-state index contributed by atoms with van der Waals surface area (Å²) in [5.74, 6) is 0.942. The third-order valence-corrected chi connectivity index (χ3v) is 3.69. The Morgan fingerprint density at radius 2 is 1.95 bits per heavy atom. The molecule has 0 spiro atoms. The topological polar surface area (TPSA) is 47.7 Å². The Labute approximate surface area is 121 Å². The van der Waals surface area contributed by atoms with E-state index in [0.29, 0.717) is 13.2 Å². The smallest absolute Gasteiger partial charge is 0.124 e. The average Bonchev–Trinajstić information content (AvgIpc) is 2.41. The van der Waals surface area contributed by atoms with E-state index in [0.717, 1.165) is 18.8 Å². The summed E-state index contributed by atoms with van der Waals surface area (Å²) < 4.78 is 11.6. The minimum Gasteiger partial charge on any atom is -0.494 e. The van der Waals surface area contributed by atoms with Gasteiger partial charge < -0.3 is 15.2 Å². The molecule has 0 unspecified atom stereocenters. The second-order valence-electron chi connectivity index (χ2n) is 5.43. The lowest BCUT2D eigenvalue weighted by molar-refractivity contribution is -0.0801. The number of hydrogen-bond acceptors (Lipinski definition) is 4. The standard InChI is InChI=1S/C16H26N2O2/c1-4-19-16-8-6-5-7-14(16)15(9-17)18-10-12(2)20-13(3)11-18/h5-8,12-13,15H,4,9-11,17H2,1-3H3/t12-,13+,15-/m1/s1. The highest BCUT2D eigenvalue weighted by molar-refractivity contribution is 5.36. The van der Waals surface area contributed by atoms with Gasteiger partial charge in [0.25, 0.3) is 0 Å². The van der Waals surface area contributed by atoms with Crippen molar-refractivity contribution < 1.29 is 9.47 Å². The molecule has 1 fully saturated rings. The molecule has 2 N–H and O–H groups in total. The highest BCUT2D eigenvalue weighted by Gasteiger charge is 2.29. The molecule has 3 atom stereocenters. The van der Waals surface area contributed by atoms with Gasteiger partial charge in [0.2, 0.25) is 0 Å². The molecular formula is C16H26N2O2. The summed E-state index contributed by atoms with van der Waals surface area (Å²) >= 11 is 0. The van der Waals surface area contributed by atoms with Gasteiger partial charge in [0, 0.05) is 25.2 Å². The maximum atomic E-state index is 6.05. The van der Waals surface area contributed by atoms with Crippen LogP contribution in [-0.4, -0.2) is 43.3 Å². The molecule has 4 heteroatoms.